The monoisotopic (exact) mass is 439 g/mol. The van der Waals surface area contributed by atoms with Gasteiger partial charge in [-0.1, -0.05) is 29.2 Å². The molecule has 0 radical (unpaired) electrons. The summed E-state index contributed by atoms with van der Waals surface area (Å²) in [6.07, 6.45) is 0. The van der Waals surface area contributed by atoms with Crippen molar-refractivity contribution in [3.05, 3.63) is 89.5 Å². The third-order valence-corrected chi connectivity index (χ3v) is 5.76. The van der Waals surface area contributed by atoms with Crippen LogP contribution in [0.25, 0.3) is 0 Å². The van der Waals surface area contributed by atoms with E-state index >= 15 is 0 Å². The topological polar surface area (TPSA) is 114 Å². The Morgan fingerprint density at radius 1 is 0.806 bits per heavy atom. The highest BCUT2D eigenvalue weighted by Gasteiger charge is 2.16. The molecule has 3 rings (SSSR count). The number of sulfonamides is 1. The van der Waals surface area contributed by atoms with Crippen LogP contribution in [0.1, 0.15) is 26.3 Å². The lowest BCUT2D eigenvalue weighted by atomic mass is 10.1. The minimum absolute atomic E-state index is 0.0401. The van der Waals surface area contributed by atoms with E-state index in [2.05, 4.69) is 15.5 Å². The molecule has 0 atom stereocenters. The highest BCUT2D eigenvalue weighted by Crippen LogP contribution is 2.21. The van der Waals surface area contributed by atoms with E-state index in [1.165, 1.54) is 31.4 Å². The molecule has 3 N–H and O–H groups in total. The molecule has 0 heterocycles. The van der Waals surface area contributed by atoms with Crippen molar-refractivity contribution in [2.75, 3.05) is 17.7 Å². The van der Waals surface area contributed by atoms with Crippen LogP contribution in [0.3, 0.4) is 0 Å². The van der Waals surface area contributed by atoms with Gasteiger partial charge in [-0.05, 0) is 61.0 Å². The van der Waals surface area contributed by atoms with Crippen molar-refractivity contribution in [3.63, 3.8) is 0 Å². The first-order valence-electron chi connectivity index (χ1n) is 9.24. The van der Waals surface area contributed by atoms with Gasteiger partial charge in [0, 0.05) is 22.5 Å². The number of carbonyl (C=O) groups excluding carboxylic acids is 2. The Morgan fingerprint density at radius 3 is 2.13 bits per heavy atom. The van der Waals surface area contributed by atoms with Crippen LogP contribution in [0.5, 0.6) is 0 Å². The first-order chi connectivity index (χ1) is 14.8. The van der Waals surface area contributed by atoms with Crippen LogP contribution in [-0.4, -0.2) is 27.3 Å². The summed E-state index contributed by atoms with van der Waals surface area (Å²) in [5.41, 5.74) is 2.43. The number of hydrogen-bond acceptors (Lipinski definition) is 5. The largest absolute Gasteiger partial charge is 0.322 e. The lowest BCUT2D eigenvalue weighted by Gasteiger charge is -2.13. The van der Waals surface area contributed by atoms with Crippen LogP contribution in [-0.2, 0) is 14.9 Å². The molecule has 0 aromatic heterocycles. The van der Waals surface area contributed by atoms with Crippen LogP contribution in [0.4, 0.5) is 11.4 Å². The number of para-hydroxylation sites is 1. The molecule has 0 saturated carbocycles. The summed E-state index contributed by atoms with van der Waals surface area (Å²) in [5, 5.41) is 5.58. The SMILES string of the molecule is CONS(=O)(=O)c1ccc(C(=O)Nc2cccc(C(=O)Nc3ccccc3)c2C)cc1. The molecule has 8 nitrogen and oxygen atoms in total. The first-order valence-corrected chi connectivity index (χ1v) is 10.7. The Hall–Kier alpha value is -3.53. The molecule has 9 heteroatoms. The summed E-state index contributed by atoms with van der Waals surface area (Å²) in [5.74, 6) is -0.729. The molecule has 0 saturated heterocycles. The maximum Gasteiger partial charge on any atom is 0.262 e. The van der Waals surface area contributed by atoms with Crippen molar-refractivity contribution < 1.29 is 22.8 Å². The van der Waals surface area contributed by atoms with Gasteiger partial charge in [0.25, 0.3) is 21.8 Å². The van der Waals surface area contributed by atoms with Gasteiger partial charge in [0.1, 0.15) is 0 Å². The summed E-state index contributed by atoms with van der Waals surface area (Å²) < 4.78 is 23.8. The molecule has 0 bridgehead atoms. The zero-order valence-corrected chi connectivity index (χ0v) is 17.7. The lowest BCUT2D eigenvalue weighted by molar-refractivity contribution is 0.101. The molecule has 3 aromatic carbocycles. The zero-order valence-electron chi connectivity index (χ0n) is 16.9. The maximum absolute atomic E-state index is 12.6. The van der Waals surface area contributed by atoms with E-state index in [9.17, 15) is 18.0 Å². The van der Waals surface area contributed by atoms with Crippen LogP contribution in [0.15, 0.2) is 77.7 Å². The molecular formula is C22H21N3O5S. The van der Waals surface area contributed by atoms with E-state index in [0.717, 1.165) is 0 Å². The second kappa shape index (κ2) is 9.52. The third kappa shape index (κ3) is 5.34. The van der Waals surface area contributed by atoms with Crippen molar-refractivity contribution in [1.29, 1.82) is 0 Å². The fourth-order valence-electron chi connectivity index (χ4n) is 2.87. The number of benzene rings is 3. The fraction of sp³-hybridized carbons (Fsp3) is 0.0909. The summed E-state index contributed by atoms with van der Waals surface area (Å²) >= 11 is 0. The number of rotatable bonds is 7. The Kier molecular flexibility index (Phi) is 6.81. The van der Waals surface area contributed by atoms with E-state index in [1.807, 2.05) is 23.1 Å². The third-order valence-electron chi connectivity index (χ3n) is 4.48. The molecule has 0 spiro atoms. The van der Waals surface area contributed by atoms with Crippen LogP contribution in [0, 0.1) is 6.92 Å². The first kappa shape index (κ1) is 22.2. The minimum Gasteiger partial charge on any atom is -0.322 e. The Morgan fingerprint density at radius 2 is 1.48 bits per heavy atom. The molecule has 160 valence electrons. The van der Waals surface area contributed by atoms with Crippen LogP contribution >= 0.6 is 0 Å². The van der Waals surface area contributed by atoms with Crippen LogP contribution < -0.4 is 15.5 Å². The van der Waals surface area contributed by atoms with E-state index in [1.54, 1.807) is 37.3 Å². The summed E-state index contributed by atoms with van der Waals surface area (Å²) in [4.78, 5) is 31.6. The average molecular weight is 439 g/mol. The number of hydrogen-bond donors (Lipinski definition) is 3. The quantitative estimate of drug-likeness (QED) is 0.489. The number of amides is 2. The minimum atomic E-state index is -3.81. The van der Waals surface area contributed by atoms with Gasteiger partial charge in [-0.3, -0.25) is 14.4 Å². The Labute approximate surface area is 180 Å². The van der Waals surface area contributed by atoms with E-state index < -0.39 is 15.9 Å². The summed E-state index contributed by atoms with van der Waals surface area (Å²) in [6.45, 7) is 1.74. The zero-order chi connectivity index (χ0) is 22.4. The average Bonchev–Trinajstić information content (AvgIpc) is 2.76. The van der Waals surface area contributed by atoms with Gasteiger partial charge in [0.05, 0.1) is 12.0 Å². The molecule has 0 aliphatic heterocycles. The standard InChI is InChI=1S/C22H21N3O5S/c1-15-19(22(27)23-17-7-4-3-5-8-17)9-6-10-20(15)24-21(26)16-11-13-18(14-12-16)31(28,29)25-30-2/h3-14,25H,1-2H3,(H,23,27)(H,24,26). The van der Waals surface area contributed by atoms with Crippen molar-refractivity contribution in [2.24, 2.45) is 0 Å². The van der Waals surface area contributed by atoms with Gasteiger partial charge in [0.15, 0.2) is 0 Å². The summed E-state index contributed by atoms with van der Waals surface area (Å²) in [7, 11) is -2.62. The second-order valence-corrected chi connectivity index (χ2v) is 8.21. The maximum atomic E-state index is 12.6. The number of anilines is 2. The van der Waals surface area contributed by atoms with Gasteiger partial charge in [-0.15, -0.1) is 0 Å². The molecule has 0 aliphatic rings. The van der Waals surface area contributed by atoms with Gasteiger partial charge in [0.2, 0.25) is 0 Å². The molecule has 31 heavy (non-hydrogen) atoms. The van der Waals surface area contributed by atoms with Gasteiger partial charge >= 0.3 is 0 Å². The van der Waals surface area contributed by atoms with E-state index in [-0.39, 0.29) is 16.4 Å². The van der Waals surface area contributed by atoms with E-state index in [0.29, 0.717) is 22.5 Å². The molecule has 0 unspecified atom stereocenters. The van der Waals surface area contributed by atoms with E-state index in [4.69, 9.17) is 0 Å². The van der Waals surface area contributed by atoms with Crippen LogP contribution in [0.2, 0.25) is 0 Å². The normalized spacial score (nSPS) is 11.0. The van der Waals surface area contributed by atoms with Gasteiger partial charge in [-0.25, -0.2) is 8.42 Å². The lowest BCUT2D eigenvalue weighted by Crippen LogP contribution is -2.22. The van der Waals surface area contributed by atoms with Gasteiger partial charge < -0.3 is 10.6 Å². The fourth-order valence-corrected chi connectivity index (χ4v) is 3.68. The molecular weight excluding hydrogens is 418 g/mol. The molecule has 2 amide bonds. The molecule has 3 aromatic rings. The smallest absolute Gasteiger partial charge is 0.262 e. The van der Waals surface area contributed by atoms with Crippen molar-refractivity contribution >= 4 is 33.2 Å². The predicted octanol–water partition coefficient (Wildman–Crippen LogP) is 3.34. The van der Waals surface area contributed by atoms with Crippen molar-refractivity contribution in [1.82, 2.24) is 4.89 Å². The molecule has 0 fully saturated rings. The second-order valence-electron chi connectivity index (χ2n) is 6.57. The Balaban J connectivity index is 1.76. The number of nitrogens with one attached hydrogen (secondary N) is 3. The molecule has 0 aliphatic carbocycles. The summed E-state index contributed by atoms with van der Waals surface area (Å²) in [6, 6.07) is 19.5. The highest BCUT2D eigenvalue weighted by atomic mass is 32.2. The van der Waals surface area contributed by atoms with Crippen molar-refractivity contribution in [3.8, 4) is 0 Å². The Bertz CT molecular complexity index is 1190. The number of carbonyl (C=O) groups is 2. The predicted molar refractivity (Wildman–Crippen MR) is 117 cm³/mol. The van der Waals surface area contributed by atoms with Crippen molar-refractivity contribution in [2.45, 2.75) is 11.8 Å². The van der Waals surface area contributed by atoms with Gasteiger partial charge in [-0.2, -0.15) is 0 Å². The highest BCUT2D eigenvalue weighted by molar-refractivity contribution is 7.89.